The minimum atomic E-state index is -0.00622. The maximum atomic E-state index is 12.6. The summed E-state index contributed by atoms with van der Waals surface area (Å²) >= 11 is 6.13. The molecule has 5 nitrogen and oxygen atoms in total. The maximum Gasteiger partial charge on any atom is 0.275 e. The molecule has 2 aromatic rings. The van der Waals surface area contributed by atoms with E-state index < -0.39 is 0 Å². The summed E-state index contributed by atoms with van der Waals surface area (Å²) in [5, 5.41) is 0.754. The van der Waals surface area contributed by atoms with Crippen LogP contribution in [0, 0.1) is 5.92 Å². The summed E-state index contributed by atoms with van der Waals surface area (Å²) in [5.74, 6) is 1.36. The Morgan fingerprint density at radius 2 is 2.04 bits per heavy atom. The van der Waals surface area contributed by atoms with E-state index in [9.17, 15) is 4.79 Å². The Hall–Kier alpha value is -1.85. The molecule has 0 N–H and O–H groups in total. The van der Waals surface area contributed by atoms with Crippen LogP contribution in [0.1, 0.15) is 54.0 Å². The molecule has 144 valence electrons. The van der Waals surface area contributed by atoms with Crippen LogP contribution in [0.25, 0.3) is 0 Å². The van der Waals surface area contributed by atoms with E-state index >= 15 is 0 Å². The third-order valence-electron chi connectivity index (χ3n) is 5.28. The van der Waals surface area contributed by atoms with Crippen LogP contribution >= 0.6 is 11.6 Å². The molecule has 6 heteroatoms. The van der Waals surface area contributed by atoms with Gasteiger partial charge in [0.1, 0.15) is 6.26 Å². The lowest BCUT2D eigenvalue weighted by Gasteiger charge is -2.25. The molecule has 1 saturated heterocycles. The summed E-state index contributed by atoms with van der Waals surface area (Å²) in [4.78, 5) is 21.3. The van der Waals surface area contributed by atoms with E-state index in [0.717, 1.165) is 50.0 Å². The third-order valence-corrected chi connectivity index (χ3v) is 5.52. The first-order chi connectivity index (χ1) is 13.2. The first-order valence-corrected chi connectivity index (χ1v) is 10.3. The van der Waals surface area contributed by atoms with Crippen LogP contribution in [0.15, 0.2) is 34.9 Å². The molecule has 1 saturated carbocycles. The van der Waals surface area contributed by atoms with Gasteiger partial charge in [-0.05, 0) is 55.7 Å². The van der Waals surface area contributed by atoms with Gasteiger partial charge in [0.05, 0.1) is 6.54 Å². The van der Waals surface area contributed by atoms with Gasteiger partial charge in [0.15, 0.2) is 5.69 Å². The number of hydrogen-bond acceptors (Lipinski definition) is 4. The number of piperidine rings is 1. The van der Waals surface area contributed by atoms with Crippen molar-refractivity contribution in [3.8, 4) is 0 Å². The third kappa shape index (κ3) is 5.11. The second kappa shape index (κ2) is 8.44. The molecule has 2 fully saturated rings. The first-order valence-electron chi connectivity index (χ1n) is 9.88. The van der Waals surface area contributed by atoms with Gasteiger partial charge in [-0.25, -0.2) is 4.98 Å². The second-order valence-corrected chi connectivity index (χ2v) is 8.16. The van der Waals surface area contributed by atoms with Crippen molar-refractivity contribution in [3.63, 3.8) is 0 Å². The smallest absolute Gasteiger partial charge is 0.275 e. The van der Waals surface area contributed by atoms with Gasteiger partial charge in [-0.3, -0.25) is 9.69 Å². The van der Waals surface area contributed by atoms with Crippen LogP contribution in [0.5, 0.6) is 0 Å². The number of halogens is 1. The number of oxazole rings is 1. The van der Waals surface area contributed by atoms with Crippen LogP contribution < -0.4 is 0 Å². The fraction of sp³-hybridized carbons (Fsp3) is 0.524. The number of benzene rings is 1. The number of likely N-dealkylation sites (tertiary alicyclic amines) is 1. The SMILES string of the molecule is O=C(c1coc(CN(Cc2cccc(Cl)c2)CC2CC2)n1)N1CCCCC1. The van der Waals surface area contributed by atoms with Gasteiger partial charge in [0.2, 0.25) is 5.89 Å². The molecule has 0 radical (unpaired) electrons. The molecule has 2 aliphatic rings. The van der Waals surface area contributed by atoms with Crippen molar-refractivity contribution < 1.29 is 9.21 Å². The molecule has 1 aromatic heterocycles. The number of aromatic nitrogens is 1. The highest BCUT2D eigenvalue weighted by molar-refractivity contribution is 6.30. The minimum absolute atomic E-state index is 0.00622. The maximum absolute atomic E-state index is 12.6. The molecular formula is C21H26ClN3O2. The summed E-state index contributed by atoms with van der Waals surface area (Å²) in [6.07, 6.45) is 7.44. The van der Waals surface area contributed by atoms with Crippen LogP contribution in [-0.4, -0.2) is 40.3 Å². The molecule has 1 aliphatic heterocycles. The summed E-state index contributed by atoms with van der Waals surface area (Å²) in [6.45, 7) is 4.07. The molecule has 2 heterocycles. The lowest BCUT2D eigenvalue weighted by atomic mass is 10.1. The largest absolute Gasteiger partial charge is 0.447 e. The van der Waals surface area contributed by atoms with E-state index in [1.165, 1.54) is 31.1 Å². The number of carbonyl (C=O) groups is 1. The zero-order valence-electron chi connectivity index (χ0n) is 15.6. The van der Waals surface area contributed by atoms with Crippen LogP contribution in [0.3, 0.4) is 0 Å². The topological polar surface area (TPSA) is 49.6 Å². The van der Waals surface area contributed by atoms with Crippen molar-refractivity contribution in [2.24, 2.45) is 5.92 Å². The molecule has 1 aliphatic carbocycles. The van der Waals surface area contributed by atoms with Crippen molar-refractivity contribution in [3.05, 3.63) is 52.7 Å². The molecule has 1 amide bonds. The fourth-order valence-corrected chi connectivity index (χ4v) is 3.89. The van der Waals surface area contributed by atoms with Crippen LogP contribution in [0.2, 0.25) is 5.02 Å². The molecule has 1 aromatic carbocycles. The summed E-state index contributed by atoms with van der Waals surface area (Å²) in [5.41, 5.74) is 1.61. The zero-order valence-corrected chi connectivity index (χ0v) is 16.3. The van der Waals surface area contributed by atoms with E-state index in [4.69, 9.17) is 16.0 Å². The van der Waals surface area contributed by atoms with Crippen molar-refractivity contribution in [1.29, 1.82) is 0 Å². The molecule has 0 spiro atoms. The Morgan fingerprint density at radius 3 is 2.78 bits per heavy atom. The second-order valence-electron chi connectivity index (χ2n) is 7.72. The molecule has 4 rings (SSSR count). The highest BCUT2D eigenvalue weighted by Crippen LogP contribution is 2.31. The van der Waals surface area contributed by atoms with Crippen molar-refractivity contribution >= 4 is 17.5 Å². The van der Waals surface area contributed by atoms with Gasteiger partial charge in [-0.1, -0.05) is 23.7 Å². The predicted octanol–water partition coefficient (Wildman–Crippen LogP) is 4.37. The zero-order chi connectivity index (χ0) is 18.6. The Bertz CT molecular complexity index is 781. The molecule has 0 bridgehead atoms. The van der Waals surface area contributed by atoms with Gasteiger partial charge in [0.25, 0.3) is 5.91 Å². The summed E-state index contributed by atoms with van der Waals surface area (Å²) < 4.78 is 5.64. The van der Waals surface area contributed by atoms with Gasteiger partial charge in [0, 0.05) is 31.2 Å². The van der Waals surface area contributed by atoms with Crippen molar-refractivity contribution in [2.75, 3.05) is 19.6 Å². The summed E-state index contributed by atoms with van der Waals surface area (Å²) in [6, 6.07) is 7.96. The average molecular weight is 388 g/mol. The lowest BCUT2D eigenvalue weighted by molar-refractivity contribution is 0.0718. The highest BCUT2D eigenvalue weighted by Gasteiger charge is 2.26. The quantitative estimate of drug-likeness (QED) is 0.708. The van der Waals surface area contributed by atoms with Crippen LogP contribution in [-0.2, 0) is 13.1 Å². The molecule has 0 atom stereocenters. The number of hydrogen-bond donors (Lipinski definition) is 0. The number of rotatable bonds is 7. The Balaban J connectivity index is 1.41. The van der Waals surface area contributed by atoms with E-state index in [1.807, 2.05) is 23.1 Å². The highest BCUT2D eigenvalue weighted by atomic mass is 35.5. The van der Waals surface area contributed by atoms with Gasteiger partial charge in [-0.15, -0.1) is 0 Å². The normalized spacial score (nSPS) is 17.5. The average Bonchev–Trinajstić information content (AvgIpc) is 3.37. The Labute approximate surface area is 165 Å². The van der Waals surface area contributed by atoms with E-state index in [2.05, 4.69) is 16.0 Å². The van der Waals surface area contributed by atoms with Crippen molar-refractivity contribution in [1.82, 2.24) is 14.8 Å². The van der Waals surface area contributed by atoms with E-state index in [1.54, 1.807) is 0 Å². The molecule has 27 heavy (non-hydrogen) atoms. The summed E-state index contributed by atoms with van der Waals surface area (Å²) in [7, 11) is 0. The van der Waals surface area contributed by atoms with Gasteiger partial charge < -0.3 is 9.32 Å². The minimum Gasteiger partial charge on any atom is -0.447 e. The molecule has 0 unspecified atom stereocenters. The Morgan fingerprint density at radius 1 is 1.22 bits per heavy atom. The van der Waals surface area contributed by atoms with Crippen LogP contribution in [0.4, 0.5) is 0 Å². The van der Waals surface area contributed by atoms with Crippen molar-refractivity contribution in [2.45, 2.75) is 45.2 Å². The monoisotopic (exact) mass is 387 g/mol. The fourth-order valence-electron chi connectivity index (χ4n) is 3.68. The number of amides is 1. The first kappa shape index (κ1) is 18.5. The predicted molar refractivity (Wildman–Crippen MR) is 105 cm³/mol. The van der Waals surface area contributed by atoms with Gasteiger partial charge >= 0.3 is 0 Å². The Kier molecular flexibility index (Phi) is 5.79. The van der Waals surface area contributed by atoms with E-state index in [-0.39, 0.29) is 5.91 Å². The standard InChI is InChI=1S/C21H26ClN3O2/c22-18-6-4-5-17(11-18)13-24(12-16-7-8-16)14-20-23-19(15-27-20)21(26)25-9-2-1-3-10-25/h4-6,11,15-16H,1-3,7-10,12-14H2. The van der Waals surface area contributed by atoms with E-state index in [0.29, 0.717) is 18.1 Å². The number of carbonyl (C=O) groups excluding carboxylic acids is 1. The van der Waals surface area contributed by atoms with Gasteiger partial charge in [-0.2, -0.15) is 0 Å². The lowest BCUT2D eigenvalue weighted by Crippen LogP contribution is -2.35. The number of nitrogens with zero attached hydrogens (tertiary/aromatic N) is 3. The molecular weight excluding hydrogens is 362 g/mol.